The average Bonchev–Trinajstić information content (AvgIpc) is 2.67. The Hall–Kier alpha value is -2.64. The molecule has 0 radical (unpaired) electrons. The third-order valence-electron chi connectivity index (χ3n) is 5.00. The van der Waals surface area contributed by atoms with Crippen molar-refractivity contribution < 1.29 is 23.8 Å². The van der Waals surface area contributed by atoms with Crippen LogP contribution in [-0.4, -0.2) is 30.4 Å². The summed E-state index contributed by atoms with van der Waals surface area (Å²) in [5.41, 5.74) is 1.04. The van der Waals surface area contributed by atoms with Crippen LogP contribution in [0.15, 0.2) is 62.2 Å². The molecule has 1 aliphatic rings. The van der Waals surface area contributed by atoms with Gasteiger partial charge >= 0.3 is 5.97 Å². The number of carboxylic acids is 1. The van der Waals surface area contributed by atoms with E-state index in [1.54, 1.807) is 12.1 Å². The lowest BCUT2D eigenvalue weighted by Gasteiger charge is -2.32. The number of benzene rings is 2. The Bertz CT molecular complexity index is 1100. The predicted octanol–water partition coefficient (Wildman–Crippen LogP) is 4.48. The fraction of sp³-hybridized carbons (Fsp3) is 0.273. The molecule has 7 heteroatoms. The molecule has 1 aromatic heterocycles. The Morgan fingerprint density at radius 1 is 1.14 bits per heavy atom. The number of aliphatic carboxylic acids is 1. The van der Waals surface area contributed by atoms with E-state index >= 15 is 0 Å². The molecular weight excluding hydrogens is 440 g/mol. The van der Waals surface area contributed by atoms with Gasteiger partial charge in [-0.15, -0.1) is 0 Å². The summed E-state index contributed by atoms with van der Waals surface area (Å²) >= 11 is 3.43. The largest absolute Gasteiger partial charge is 0.490 e. The van der Waals surface area contributed by atoms with E-state index in [1.807, 2.05) is 30.3 Å². The SMILES string of the molecule is O=c1cc(-c2ccccc2OCCO[C@H]2C[C@H](C(=O)O)C2)oc2c(Br)cccc12. The number of carboxylic acid groups (broad SMARTS) is 1. The predicted molar refractivity (Wildman–Crippen MR) is 111 cm³/mol. The lowest BCUT2D eigenvalue weighted by Crippen LogP contribution is -2.37. The first-order valence-electron chi connectivity index (χ1n) is 9.32. The Kier molecular flexibility index (Phi) is 5.69. The summed E-state index contributed by atoms with van der Waals surface area (Å²) in [5.74, 6) is -0.0489. The Morgan fingerprint density at radius 3 is 2.72 bits per heavy atom. The van der Waals surface area contributed by atoms with Gasteiger partial charge in [-0.2, -0.15) is 0 Å². The highest BCUT2D eigenvalue weighted by molar-refractivity contribution is 9.10. The summed E-state index contributed by atoms with van der Waals surface area (Å²) in [6.07, 6.45) is 1.07. The Balaban J connectivity index is 1.46. The van der Waals surface area contributed by atoms with Crippen LogP contribution in [0.3, 0.4) is 0 Å². The molecule has 0 saturated heterocycles. The molecule has 1 fully saturated rings. The van der Waals surface area contributed by atoms with E-state index in [1.165, 1.54) is 6.07 Å². The van der Waals surface area contributed by atoms with Gasteiger partial charge in [0.1, 0.15) is 18.1 Å². The number of fused-ring (bicyclic) bond motifs is 1. The standard InChI is InChI=1S/C22H19BrO6/c23-17-6-3-5-15-18(24)12-20(29-21(15)17)16-4-1-2-7-19(16)28-9-8-27-14-10-13(11-14)22(25)26/h1-7,12-14H,8-11H2,(H,25,26)/t13-,14-. The van der Waals surface area contributed by atoms with Gasteiger partial charge in [-0.3, -0.25) is 9.59 Å². The van der Waals surface area contributed by atoms with Crippen molar-refractivity contribution in [2.24, 2.45) is 5.92 Å². The van der Waals surface area contributed by atoms with E-state index in [0.29, 0.717) is 58.6 Å². The number of rotatable bonds is 7. The molecule has 1 heterocycles. The molecule has 1 saturated carbocycles. The molecule has 4 rings (SSSR count). The third-order valence-corrected chi connectivity index (χ3v) is 5.62. The first-order chi connectivity index (χ1) is 14.0. The average molecular weight is 459 g/mol. The van der Waals surface area contributed by atoms with Crippen LogP contribution in [0.4, 0.5) is 0 Å². The zero-order valence-electron chi connectivity index (χ0n) is 15.5. The van der Waals surface area contributed by atoms with Crippen molar-refractivity contribution in [2.45, 2.75) is 18.9 Å². The maximum Gasteiger partial charge on any atom is 0.306 e. The summed E-state index contributed by atoms with van der Waals surface area (Å²) in [7, 11) is 0. The fourth-order valence-electron chi connectivity index (χ4n) is 3.34. The van der Waals surface area contributed by atoms with E-state index in [-0.39, 0.29) is 17.5 Å². The van der Waals surface area contributed by atoms with Gasteiger partial charge in [-0.25, -0.2) is 0 Å². The Labute approximate surface area is 175 Å². The van der Waals surface area contributed by atoms with Gasteiger partial charge in [0.05, 0.1) is 34.1 Å². The van der Waals surface area contributed by atoms with Crippen LogP contribution in [0.1, 0.15) is 12.8 Å². The highest BCUT2D eigenvalue weighted by Crippen LogP contribution is 2.33. The molecule has 3 aromatic rings. The van der Waals surface area contributed by atoms with E-state index in [4.69, 9.17) is 19.0 Å². The molecule has 1 aliphatic carbocycles. The zero-order valence-corrected chi connectivity index (χ0v) is 17.1. The van der Waals surface area contributed by atoms with Crippen molar-refractivity contribution in [1.82, 2.24) is 0 Å². The molecule has 2 aromatic carbocycles. The summed E-state index contributed by atoms with van der Waals surface area (Å²) in [6.45, 7) is 0.672. The second-order valence-electron chi connectivity index (χ2n) is 6.94. The number of hydrogen-bond acceptors (Lipinski definition) is 5. The van der Waals surface area contributed by atoms with Crippen LogP contribution >= 0.6 is 15.9 Å². The van der Waals surface area contributed by atoms with Crippen molar-refractivity contribution in [2.75, 3.05) is 13.2 Å². The number of hydrogen-bond donors (Lipinski definition) is 1. The minimum absolute atomic E-state index is 0.0224. The van der Waals surface area contributed by atoms with Crippen LogP contribution in [0.2, 0.25) is 0 Å². The molecule has 0 atom stereocenters. The Morgan fingerprint density at radius 2 is 1.93 bits per heavy atom. The lowest BCUT2D eigenvalue weighted by molar-refractivity contribution is -0.151. The highest BCUT2D eigenvalue weighted by atomic mass is 79.9. The van der Waals surface area contributed by atoms with E-state index < -0.39 is 5.97 Å². The first kappa shape index (κ1) is 19.7. The first-order valence-corrected chi connectivity index (χ1v) is 10.1. The van der Waals surface area contributed by atoms with Crippen molar-refractivity contribution in [1.29, 1.82) is 0 Å². The van der Waals surface area contributed by atoms with Crippen molar-refractivity contribution >= 4 is 32.9 Å². The fourth-order valence-corrected chi connectivity index (χ4v) is 3.79. The normalized spacial score (nSPS) is 18.4. The second-order valence-corrected chi connectivity index (χ2v) is 7.79. The van der Waals surface area contributed by atoms with Gasteiger partial charge in [0.2, 0.25) is 0 Å². The smallest absolute Gasteiger partial charge is 0.306 e. The van der Waals surface area contributed by atoms with E-state index in [9.17, 15) is 9.59 Å². The van der Waals surface area contributed by atoms with Crippen LogP contribution in [0, 0.1) is 5.92 Å². The molecule has 0 amide bonds. The molecule has 0 unspecified atom stereocenters. The summed E-state index contributed by atoms with van der Waals surface area (Å²) < 4.78 is 18.2. The van der Waals surface area contributed by atoms with Gasteiger partial charge in [0, 0.05) is 6.07 Å². The highest BCUT2D eigenvalue weighted by Gasteiger charge is 2.34. The van der Waals surface area contributed by atoms with Crippen molar-refractivity contribution in [3.63, 3.8) is 0 Å². The third kappa shape index (κ3) is 4.21. The summed E-state index contributed by atoms with van der Waals surface area (Å²) in [5, 5.41) is 9.41. The molecule has 29 heavy (non-hydrogen) atoms. The second kappa shape index (κ2) is 8.39. The minimum Gasteiger partial charge on any atom is -0.490 e. The topological polar surface area (TPSA) is 86.0 Å². The molecule has 0 bridgehead atoms. The quantitative estimate of drug-likeness (QED) is 0.525. The van der Waals surface area contributed by atoms with Gasteiger partial charge < -0.3 is 19.0 Å². The van der Waals surface area contributed by atoms with Crippen LogP contribution in [-0.2, 0) is 9.53 Å². The maximum atomic E-state index is 12.5. The molecular formula is C22H19BrO6. The molecule has 0 spiro atoms. The van der Waals surface area contributed by atoms with Gasteiger partial charge in [0.25, 0.3) is 0 Å². The van der Waals surface area contributed by atoms with Crippen LogP contribution in [0.25, 0.3) is 22.3 Å². The van der Waals surface area contributed by atoms with E-state index in [2.05, 4.69) is 15.9 Å². The lowest BCUT2D eigenvalue weighted by atomic mass is 9.82. The minimum atomic E-state index is -0.765. The van der Waals surface area contributed by atoms with Crippen LogP contribution < -0.4 is 10.2 Å². The molecule has 1 N–H and O–H groups in total. The molecule has 6 nitrogen and oxygen atoms in total. The maximum absolute atomic E-state index is 12.5. The van der Waals surface area contributed by atoms with Gasteiger partial charge in [-0.05, 0) is 53.0 Å². The number of ether oxygens (including phenoxy) is 2. The summed E-state index contributed by atoms with van der Waals surface area (Å²) in [6, 6.07) is 14.1. The zero-order chi connectivity index (χ0) is 20.4. The van der Waals surface area contributed by atoms with Gasteiger partial charge in [0.15, 0.2) is 11.0 Å². The summed E-state index contributed by atoms with van der Waals surface area (Å²) in [4.78, 5) is 23.3. The number of para-hydroxylation sites is 2. The molecule has 0 aliphatic heterocycles. The van der Waals surface area contributed by atoms with Crippen molar-refractivity contribution in [3.8, 4) is 17.1 Å². The van der Waals surface area contributed by atoms with Crippen LogP contribution in [0.5, 0.6) is 5.75 Å². The molecule has 150 valence electrons. The monoisotopic (exact) mass is 458 g/mol. The van der Waals surface area contributed by atoms with Gasteiger partial charge in [-0.1, -0.05) is 18.2 Å². The van der Waals surface area contributed by atoms with Crippen molar-refractivity contribution in [3.05, 3.63) is 63.2 Å². The number of carbonyl (C=O) groups is 1. The van der Waals surface area contributed by atoms with E-state index in [0.717, 1.165) is 0 Å². The number of halogens is 1.